The molecule has 2 N–H and O–H groups in total. The fourth-order valence-electron chi connectivity index (χ4n) is 2.19. The van der Waals surface area contributed by atoms with Crippen LogP contribution in [-0.2, 0) is 4.79 Å². The van der Waals surface area contributed by atoms with Crippen LogP contribution in [0.5, 0.6) is 0 Å². The van der Waals surface area contributed by atoms with Gasteiger partial charge in [0.1, 0.15) is 0 Å². The number of hydrogen-bond acceptors (Lipinski definition) is 3. The fraction of sp³-hybridized carbons (Fsp3) is 0.583. The van der Waals surface area contributed by atoms with Crippen LogP contribution < -0.4 is 5.73 Å². The zero-order chi connectivity index (χ0) is 11.5. The van der Waals surface area contributed by atoms with Crippen LogP contribution in [-0.4, -0.2) is 23.9 Å². The number of nitrogens with zero attached hydrogens (tertiary/aromatic N) is 1. The first-order valence-corrected chi connectivity index (χ1v) is 6.66. The average Bonchev–Trinajstić information content (AvgIpc) is 2.95. The number of amides is 1. The Balaban J connectivity index is 2.12. The summed E-state index contributed by atoms with van der Waals surface area (Å²) in [5.41, 5.74) is 5.56. The van der Waals surface area contributed by atoms with Crippen LogP contribution in [0.1, 0.15) is 30.7 Å². The summed E-state index contributed by atoms with van der Waals surface area (Å²) in [6, 6.07) is 4.46. The lowest BCUT2D eigenvalue weighted by molar-refractivity contribution is -0.135. The first kappa shape index (κ1) is 11.6. The highest BCUT2D eigenvalue weighted by molar-refractivity contribution is 7.10. The molecular formula is C12H18N2OS. The molecule has 0 aromatic carbocycles. The molecular weight excluding hydrogens is 220 g/mol. The maximum atomic E-state index is 12.1. The van der Waals surface area contributed by atoms with Gasteiger partial charge in [0.15, 0.2) is 0 Å². The van der Waals surface area contributed by atoms with Gasteiger partial charge in [-0.3, -0.25) is 4.79 Å². The highest BCUT2D eigenvalue weighted by Crippen LogP contribution is 2.35. The van der Waals surface area contributed by atoms with E-state index in [2.05, 4.69) is 11.4 Å². The van der Waals surface area contributed by atoms with Gasteiger partial charge >= 0.3 is 0 Å². The van der Waals surface area contributed by atoms with Gasteiger partial charge in [0.25, 0.3) is 0 Å². The molecule has 1 amide bonds. The molecule has 1 aliphatic rings. The molecule has 1 aromatic rings. The van der Waals surface area contributed by atoms with Crippen molar-refractivity contribution in [2.24, 2.45) is 11.7 Å². The lowest BCUT2D eigenvalue weighted by Gasteiger charge is -2.26. The van der Waals surface area contributed by atoms with Crippen LogP contribution >= 0.6 is 11.3 Å². The van der Waals surface area contributed by atoms with E-state index in [1.54, 1.807) is 11.3 Å². The molecule has 1 aromatic heterocycles. The number of hydrogen-bond donors (Lipinski definition) is 1. The normalized spacial score (nSPS) is 22.4. The number of rotatable bonds is 3. The second kappa shape index (κ2) is 4.97. The molecule has 2 heterocycles. The van der Waals surface area contributed by atoms with Crippen LogP contribution in [0, 0.1) is 5.92 Å². The Morgan fingerprint density at radius 3 is 3.19 bits per heavy atom. The van der Waals surface area contributed by atoms with Gasteiger partial charge in [0, 0.05) is 23.9 Å². The van der Waals surface area contributed by atoms with Crippen LogP contribution in [0.3, 0.4) is 0 Å². The summed E-state index contributed by atoms with van der Waals surface area (Å²) in [6.45, 7) is 3.23. The van der Waals surface area contributed by atoms with E-state index < -0.39 is 0 Å². The predicted molar refractivity (Wildman–Crippen MR) is 66.2 cm³/mol. The summed E-state index contributed by atoms with van der Waals surface area (Å²) in [4.78, 5) is 15.4. The molecule has 1 saturated heterocycles. The summed E-state index contributed by atoms with van der Waals surface area (Å²) in [7, 11) is 0. The number of carbonyl (C=O) groups is 1. The molecule has 0 saturated carbocycles. The Bertz CT molecular complexity index is 350. The highest BCUT2D eigenvalue weighted by atomic mass is 32.1. The zero-order valence-electron chi connectivity index (χ0n) is 9.56. The summed E-state index contributed by atoms with van der Waals surface area (Å²) in [5, 5.41) is 2.07. The lowest BCUT2D eigenvalue weighted by Crippen LogP contribution is -2.37. The van der Waals surface area contributed by atoms with E-state index in [4.69, 9.17) is 5.73 Å². The third-order valence-electron chi connectivity index (χ3n) is 3.18. The summed E-state index contributed by atoms with van der Waals surface area (Å²) < 4.78 is 0. The molecule has 1 fully saturated rings. The summed E-state index contributed by atoms with van der Waals surface area (Å²) >= 11 is 1.74. The Morgan fingerprint density at radius 1 is 1.75 bits per heavy atom. The van der Waals surface area contributed by atoms with Crippen molar-refractivity contribution in [3.8, 4) is 0 Å². The van der Waals surface area contributed by atoms with Crippen LogP contribution in [0.4, 0.5) is 0 Å². The first-order valence-electron chi connectivity index (χ1n) is 5.78. The second-order valence-electron chi connectivity index (χ2n) is 4.34. The standard InChI is InChI=1S/C12H18N2OS/c1-9(8-13)12(15)14-6-2-4-10(14)11-5-3-7-16-11/h3,5,7,9-10H,2,4,6,8,13H2,1H3. The van der Waals surface area contributed by atoms with Crippen molar-refractivity contribution >= 4 is 17.2 Å². The topological polar surface area (TPSA) is 46.3 Å². The molecule has 88 valence electrons. The van der Waals surface area contributed by atoms with Crippen molar-refractivity contribution in [2.45, 2.75) is 25.8 Å². The molecule has 1 aliphatic heterocycles. The molecule has 0 aliphatic carbocycles. The molecule has 16 heavy (non-hydrogen) atoms. The molecule has 0 bridgehead atoms. The quantitative estimate of drug-likeness (QED) is 0.875. The minimum atomic E-state index is -0.0550. The Labute approximate surface area is 100 Å². The Morgan fingerprint density at radius 2 is 2.56 bits per heavy atom. The van der Waals surface area contributed by atoms with E-state index >= 15 is 0 Å². The van der Waals surface area contributed by atoms with E-state index in [1.807, 2.05) is 17.9 Å². The SMILES string of the molecule is CC(CN)C(=O)N1CCCC1c1cccs1. The van der Waals surface area contributed by atoms with E-state index in [1.165, 1.54) is 4.88 Å². The van der Waals surface area contributed by atoms with Gasteiger partial charge in [-0.2, -0.15) is 0 Å². The predicted octanol–water partition coefficient (Wildman–Crippen LogP) is 2.01. The van der Waals surface area contributed by atoms with Gasteiger partial charge in [-0.15, -0.1) is 11.3 Å². The van der Waals surface area contributed by atoms with Crippen LogP contribution in [0.25, 0.3) is 0 Å². The number of thiophene rings is 1. The number of nitrogens with two attached hydrogens (primary N) is 1. The molecule has 0 radical (unpaired) electrons. The summed E-state index contributed by atoms with van der Waals surface area (Å²) in [6.07, 6.45) is 2.19. The van der Waals surface area contributed by atoms with Gasteiger partial charge in [0.05, 0.1) is 6.04 Å². The average molecular weight is 238 g/mol. The van der Waals surface area contributed by atoms with Gasteiger partial charge in [-0.05, 0) is 24.3 Å². The van der Waals surface area contributed by atoms with Crippen molar-refractivity contribution in [2.75, 3.05) is 13.1 Å². The van der Waals surface area contributed by atoms with Crippen LogP contribution in [0.15, 0.2) is 17.5 Å². The van der Waals surface area contributed by atoms with E-state index in [-0.39, 0.29) is 11.8 Å². The molecule has 4 heteroatoms. The van der Waals surface area contributed by atoms with E-state index in [9.17, 15) is 4.79 Å². The number of carbonyl (C=O) groups excluding carboxylic acids is 1. The monoisotopic (exact) mass is 238 g/mol. The van der Waals surface area contributed by atoms with E-state index in [0.29, 0.717) is 12.6 Å². The smallest absolute Gasteiger partial charge is 0.227 e. The third kappa shape index (κ3) is 2.13. The molecule has 2 unspecified atom stereocenters. The maximum Gasteiger partial charge on any atom is 0.227 e. The maximum absolute atomic E-state index is 12.1. The molecule has 3 nitrogen and oxygen atoms in total. The van der Waals surface area contributed by atoms with Crippen molar-refractivity contribution in [3.63, 3.8) is 0 Å². The lowest BCUT2D eigenvalue weighted by atomic mass is 10.1. The largest absolute Gasteiger partial charge is 0.335 e. The Kier molecular flexibility index (Phi) is 3.61. The molecule has 0 spiro atoms. The zero-order valence-corrected chi connectivity index (χ0v) is 10.4. The number of likely N-dealkylation sites (tertiary alicyclic amines) is 1. The van der Waals surface area contributed by atoms with E-state index in [0.717, 1.165) is 19.4 Å². The second-order valence-corrected chi connectivity index (χ2v) is 5.32. The van der Waals surface area contributed by atoms with Gasteiger partial charge in [-0.1, -0.05) is 13.0 Å². The van der Waals surface area contributed by atoms with Gasteiger partial charge in [-0.25, -0.2) is 0 Å². The van der Waals surface area contributed by atoms with Gasteiger partial charge < -0.3 is 10.6 Å². The Hall–Kier alpha value is -0.870. The fourth-order valence-corrected chi connectivity index (χ4v) is 3.06. The minimum absolute atomic E-state index is 0.0550. The van der Waals surface area contributed by atoms with Crippen molar-refractivity contribution in [3.05, 3.63) is 22.4 Å². The van der Waals surface area contributed by atoms with Crippen molar-refractivity contribution < 1.29 is 4.79 Å². The van der Waals surface area contributed by atoms with Crippen LogP contribution in [0.2, 0.25) is 0 Å². The first-order chi connectivity index (χ1) is 7.74. The van der Waals surface area contributed by atoms with Crippen molar-refractivity contribution in [1.29, 1.82) is 0 Å². The van der Waals surface area contributed by atoms with Crippen molar-refractivity contribution in [1.82, 2.24) is 4.90 Å². The molecule has 2 atom stereocenters. The molecule has 2 rings (SSSR count). The third-order valence-corrected chi connectivity index (χ3v) is 4.16. The summed E-state index contributed by atoms with van der Waals surface area (Å²) in [5.74, 6) is 0.152. The van der Waals surface area contributed by atoms with Gasteiger partial charge in [0.2, 0.25) is 5.91 Å². The highest BCUT2D eigenvalue weighted by Gasteiger charge is 2.32. The minimum Gasteiger partial charge on any atom is -0.335 e.